The molecule has 0 atom stereocenters. The molecule has 8 heavy (non-hydrogen) atoms. The highest BCUT2D eigenvalue weighted by Gasteiger charge is 1.80. The maximum absolute atomic E-state index is 10.4. The van der Waals surface area contributed by atoms with Gasteiger partial charge in [0.1, 0.15) is 0 Å². The quantitative estimate of drug-likeness (QED) is 0.356. The SMILES string of the molecule is [O-][N+]1=CNC=CC=C1. The van der Waals surface area contributed by atoms with Crippen LogP contribution in [-0.4, -0.2) is 11.1 Å². The molecule has 0 aromatic heterocycles. The van der Waals surface area contributed by atoms with E-state index in [1.54, 1.807) is 18.4 Å². The summed E-state index contributed by atoms with van der Waals surface area (Å²) in [6.07, 6.45) is 7.81. The third-order valence-electron chi connectivity index (χ3n) is 0.738. The Kier molecular flexibility index (Phi) is 1.32. The molecule has 0 fully saturated rings. The lowest BCUT2D eigenvalue weighted by molar-refractivity contribution is -0.374. The average molecular weight is 110 g/mol. The Morgan fingerprint density at radius 3 is 3.12 bits per heavy atom. The molecular weight excluding hydrogens is 104 g/mol. The van der Waals surface area contributed by atoms with Gasteiger partial charge in [-0.15, -0.1) is 0 Å². The summed E-state index contributed by atoms with van der Waals surface area (Å²) in [5, 5.41) is 13.0. The van der Waals surface area contributed by atoms with Gasteiger partial charge in [-0.25, -0.2) is 4.74 Å². The second-order valence-electron chi connectivity index (χ2n) is 1.36. The summed E-state index contributed by atoms with van der Waals surface area (Å²) in [4.78, 5) is 0. The van der Waals surface area contributed by atoms with E-state index in [9.17, 15) is 5.21 Å². The molecule has 0 aromatic rings. The highest BCUT2D eigenvalue weighted by Crippen LogP contribution is 1.78. The summed E-state index contributed by atoms with van der Waals surface area (Å²) in [7, 11) is 0. The van der Waals surface area contributed by atoms with Crippen molar-refractivity contribution in [2.45, 2.75) is 0 Å². The van der Waals surface area contributed by atoms with E-state index in [0.29, 0.717) is 4.74 Å². The van der Waals surface area contributed by atoms with Gasteiger partial charge in [0.2, 0.25) is 6.34 Å². The number of allylic oxidation sites excluding steroid dienone is 2. The van der Waals surface area contributed by atoms with Crippen LogP contribution in [-0.2, 0) is 0 Å². The summed E-state index contributed by atoms with van der Waals surface area (Å²) < 4.78 is 0.694. The van der Waals surface area contributed by atoms with Crippen molar-refractivity contribution in [1.29, 1.82) is 0 Å². The van der Waals surface area contributed by atoms with E-state index < -0.39 is 0 Å². The van der Waals surface area contributed by atoms with Crippen molar-refractivity contribution in [3.8, 4) is 0 Å². The molecule has 0 saturated heterocycles. The van der Waals surface area contributed by atoms with E-state index in [-0.39, 0.29) is 0 Å². The Morgan fingerprint density at radius 2 is 2.25 bits per heavy atom. The summed E-state index contributed by atoms with van der Waals surface area (Å²) in [5.41, 5.74) is 0. The normalized spacial score (nSPS) is 16.8. The lowest BCUT2D eigenvalue weighted by atomic mass is 10.6. The van der Waals surface area contributed by atoms with Crippen molar-refractivity contribution >= 4 is 6.34 Å². The van der Waals surface area contributed by atoms with Gasteiger partial charge in [0, 0.05) is 0 Å². The molecule has 0 amide bonds. The zero-order chi connectivity index (χ0) is 5.82. The van der Waals surface area contributed by atoms with Crippen LogP contribution >= 0.6 is 0 Å². The number of rotatable bonds is 0. The summed E-state index contributed by atoms with van der Waals surface area (Å²) >= 11 is 0. The van der Waals surface area contributed by atoms with E-state index in [1.807, 2.05) is 0 Å². The zero-order valence-electron chi connectivity index (χ0n) is 4.24. The topological polar surface area (TPSA) is 38.1 Å². The molecule has 0 aromatic carbocycles. The third kappa shape index (κ3) is 1.11. The largest absolute Gasteiger partial charge is 0.711 e. The molecule has 0 radical (unpaired) electrons. The van der Waals surface area contributed by atoms with Gasteiger partial charge in [-0.3, -0.25) is 5.32 Å². The molecule has 0 bridgehead atoms. The van der Waals surface area contributed by atoms with Crippen molar-refractivity contribution in [2.24, 2.45) is 0 Å². The maximum Gasteiger partial charge on any atom is 0.244 e. The van der Waals surface area contributed by atoms with Gasteiger partial charge in [-0.2, -0.15) is 0 Å². The first kappa shape index (κ1) is 4.90. The zero-order valence-corrected chi connectivity index (χ0v) is 4.24. The second-order valence-corrected chi connectivity index (χ2v) is 1.36. The minimum atomic E-state index is 0.694. The Hall–Kier alpha value is -1.25. The van der Waals surface area contributed by atoms with Crippen molar-refractivity contribution < 1.29 is 4.74 Å². The third-order valence-corrected chi connectivity index (χ3v) is 0.738. The van der Waals surface area contributed by atoms with Crippen LogP contribution in [0.25, 0.3) is 0 Å². The predicted molar refractivity (Wildman–Crippen MR) is 31.1 cm³/mol. The van der Waals surface area contributed by atoms with Crippen LogP contribution in [0.5, 0.6) is 0 Å². The standard InChI is InChI=1S/C5H6N2O/c8-7-4-2-1-3-6-5-7/h1-6H. The lowest BCUT2D eigenvalue weighted by Crippen LogP contribution is -2.07. The first-order chi connectivity index (χ1) is 3.89. The van der Waals surface area contributed by atoms with Crippen LogP contribution in [0.15, 0.2) is 24.6 Å². The van der Waals surface area contributed by atoms with Gasteiger partial charge in [-0.1, -0.05) is 0 Å². The molecule has 0 unspecified atom stereocenters. The molecule has 1 heterocycles. The number of nitrogens with one attached hydrogen (secondary N) is 1. The van der Waals surface area contributed by atoms with Gasteiger partial charge in [-0.05, 0) is 12.2 Å². The Balaban J connectivity index is 2.69. The second kappa shape index (κ2) is 2.16. The summed E-state index contributed by atoms with van der Waals surface area (Å²) in [6, 6.07) is 0. The highest BCUT2D eigenvalue weighted by molar-refractivity contribution is 5.50. The molecule has 1 aliphatic heterocycles. The van der Waals surface area contributed by atoms with Crippen molar-refractivity contribution in [2.75, 3.05) is 0 Å². The van der Waals surface area contributed by atoms with Crippen molar-refractivity contribution in [3.05, 3.63) is 29.8 Å². The Morgan fingerprint density at radius 1 is 1.38 bits per heavy atom. The van der Waals surface area contributed by atoms with Crippen LogP contribution in [0.1, 0.15) is 0 Å². The van der Waals surface area contributed by atoms with Crippen LogP contribution < -0.4 is 5.32 Å². The minimum absolute atomic E-state index is 0.694. The van der Waals surface area contributed by atoms with Gasteiger partial charge in [0.15, 0.2) is 0 Å². The molecule has 1 rings (SSSR count). The first-order valence-corrected chi connectivity index (χ1v) is 2.28. The van der Waals surface area contributed by atoms with Crippen molar-refractivity contribution in [1.82, 2.24) is 5.32 Å². The van der Waals surface area contributed by atoms with Crippen LogP contribution in [0.4, 0.5) is 0 Å². The van der Waals surface area contributed by atoms with E-state index in [1.165, 1.54) is 12.5 Å². The van der Waals surface area contributed by atoms with E-state index >= 15 is 0 Å². The van der Waals surface area contributed by atoms with Gasteiger partial charge >= 0.3 is 0 Å². The first-order valence-electron chi connectivity index (χ1n) is 2.28. The minimum Gasteiger partial charge on any atom is -0.711 e. The molecule has 0 aliphatic carbocycles. The summed E-state index contributed by atoms with van der Waals surface area (Å²) in [5.74, 6) is 0. The van der Waals surface area contributed by atoms with Crippen LogP contribution in [0.3, 0.4) is 0 Å². The fourth-order valence-electron chi connectivity index (χ4n) is 0.405. The molecule has 1 N–H and O–H groups in total. The van der Waals surface area contributed by atoms with Gasteiger partial charge in [0.05, 0.1) is 12.4 Å². The maximum atomic E-state index is 10.4. The van der Waals surface area contributed by atoms with Crippen LogP contribution in [0.2, 0.25) is 0 Å². The van der Waals surface area contributed by atoms with Gasteiger partial charge in [0.25, 0.3) is 0 Å². The van der Waals surface area contributed by atoms with Gasteiger partial charge < -0.3 is 5.21 Å². The molecule has 3 nitrogen and oxygen atoms in total. The molecular formula is C5H6N2O. The molecule has 3 heteroatoms. The van der Waals surface area contributed by atoms with E-state index in [4.69, 9.17) is 0 Å². The molecule has 0 saturated carbocycles. The smallest absolute Gasteiger partial charge is 0.244 e. The monoisotopic (exact) mass is 110 g/mol. The van der Waals surface area contributed by atoms with Crippen LogP contribution in [0, 0.1) is 5.21 Å². The fraction of sp³-hybridized carbons (Fsp3) is 0. The number of nitrogens with zero attached hydrogens (tertiary/aromatic N) is 1. The van der Waals surface area contributed by atoms with Crippen molar-refractivity contribution in [3.63, 3.8) is 0 Å². The predicted octanol–water partition coefficient (Wildman–Crippen LogP) is 0.156. The van der Waals surface area contributed by atoms with E-state index in [0.717, 1.165) is 0 Å². The Bertz CT molecular complexity index is 155. The summed E-state index contributed by atoms with van der Waals surface area (Å²) in [6.45, 7) is 0. The average Bonchev–Trinajstić information content (AvgIpc) is 1.94. The van der Waals surface area contributed by atoms with E-state index in [2.05, 4.69) is 5.32 Å². The molecule has 0 spiro atoms. The highest BCUT2D eigenvalue weighted by atomic mass is 16.5. The number of hydroxylamine groups is 1. The number of hydrogen-bond acceptors (Lipinski definition) is 2. The molecule has 1 aliphatic rings. The lowest BCUT2D eigenvalue weighted by Gasteiger charge is -1.96. The fourth-order valence-corrected chi connectivity index (χ4v) is 0.405. The Labute approximate surface area is 47.2 Å². The molecule has 42 valence electrons. The number of hydrogen-bond donors (Lipinski definition) is 1.